The van der Waals surface area contributed by atoms with Gasteiger partial charge in [0.05, 0.1) is 18.0 Å². The van der Waals surface area contributed by atoms with Crippen molar-refractivity contribution >= 4 is 22.1 Å². The Balaban J connectivity index is 1.71. The van der Waals surface area contributed by atoms with Crippen LogP contribution in [0.1, 0.15) is 11.3 Å². The molecule has 0 radical (unpaired) electrons. The van der Waals surface area contributed by atoms with E-state index in [4.69, 9.17) is 5.11 Å². The lowest BCUT2D eigenvalue weighted by atomic mass is 10.1. The minimum atomic E-state index is -0.349. The van der Waals surface area contributed by atoms with Crippen LogP contribution in [-0.4, -0.2) is 20.0 Å². The van der Waals surface area contributed by atoms with Gasteiger partial charge in [-0.25, -0.2) is 4.68 Å². The maximum atomic E-state index is 12.7. The molecular weight excluding hydrogens is 356 g/mol. The molecule has 140 valence electrons. The fourth-order valence-corrected chi connectivity index (χ4v) is 3.02. The number of fused-ring (bicyclic) bond motifs is 1. The number of aromatic hydroxyl groups is 1. The first-order chi connectivity index (χ1) is 13.6. The average Bonchev–Trinajstić information content (AvgIpc) is 3.01. The predicted molar refractivity (Wildman–Crippen MR) is 107 cm³/mol. The Morgan fingerprint density at radius 2 is 1.75 bits per heavy atom. The topological polar surface area (TPSA) is 103 Å². The third-order valence-corrected chi connectivity index (χ3v) is 4.55. The summed E-state index contributed by atoms with van der Waals surface area (Å²) >= 11 is 0. The second kappa shape index (κ2) is 7.13. The highest BCUT2D eigenvalue weighted by Crippen LogP contribution is 2.35. The summed E-state index contributed by atoms with van der Waals surface area (Å²) < 4.78 is 1.37. The van der Waals surface area contributed by atoms with E-state index in [9.17, 15) is 9.90 Å². The number of hydrogen-bond donors (Lipinski definition) is 3. The van der Waals surface area contributed by atoms with Gasteiger partial charge in [-0.05, 0) is 36.1 Å². The third-order valence-electron chi connectivity index (χ3n) is 4.55. The molecule has 0 unspecified atom stereocenters. The van der Waals surface area contributed by atoms with Crippen molar-refractivity contribution in [3.63, 3.8) is 0 Å². The number of nitrogens with zero attached hydrogens (tertiary/aromatic N) is 3. The number of aromatic nitrogens is 2. The summed E-state index contributed by atoms with van der Waals surface area (Å²) in [4.78, 5) is 12.7. The van der Waals surface area contributed by atoms with Crippen molar-refractivity contribution in [1.29, 1.82) is 0 Å². The average molecular weight is 374 g/mol. The zero-order valence-corrected chi connectivity index (χ0v) is 15.1. The van der Waals surface area contributed by atoms with E-state index < -0.39 is 0 Å². The molecule has 0 aliphatic heterocycles. The number of phenolic OH excluding ortho intramolecular Hbond substituents is 1. The van der Waals surface area contributed by atoms with Gasteiger partial charge in [-0.15, -0.1) is 10.2 Å². The minimum Gasteiger partial charge on any atom is -0.505 e. The van der Waals surface area contributed by atoms with Gasteiger partial charge in [0.2, 0.25) is 0 Å². The van der Waals surface area contributed by atoms with Crippen LogP contribution in [-0.2, 0) is 6.61 Å². The van der Waals surface area contributed by atoms with Crippen molar-refractivity contribution in [2.45, 2.75) is 13.5 Å². The highest BCUT2D eigenvalue weighted by atomic mass is 16.3. The summed E-state index contributed by atoms with van der Waals surface area (Å²) in [5.41, 5.74) is 2.04. The minimum absolute atomic E-state index is 0.0231. The lowest BCUT2D eigenvalue weighted by molar-refractivity contribution is 0.282. The summed E-state index contributed by atoms with van der Waals surface area (Å²) in [6.45, 7) is 1.67. The number of phenols is 1. The number of aliphatic hydroxyl groups is 1. The number of azo groups is 1. The maximum absolute atomic E-state index is 12.7. The molecule has 0 saturated carbocycles. The molecule has 1 aromatic heterocycles. The molecule has 28 heavy (non-hydrogen) atoms. The molecule has 0 spiro atoms. The zero-order chi connectivity index (χ0) is 19.7. The summed E-state index contributed by atoms with van der Waals surface area (Å²) in [7, 11) is 0. The van der Waals surface area contributed by atoms with Crippen LogP contribution in [0.2, 0.25) is 0 Å². The van der Waals surface area contributed by atoms with E-state index in [1.54, 1.807) is 43.3 Å². The number of rotatable bonds is 4. The molecule has 3 aromatic carbocycles. The van der Waals surface area contributed by atoms with Gasteiger partial charge >= 0.3 is 0 Å². The van der Waals surface area contributed by atoms with Gasteiger partial charge in [0.15, 0.2) is 11.4 Å². The number of hydrogen-bond acceptors (Lipinski definition) is 5. The van der Waals surface area contributed by atoms with Gasteiger partial charge in [0.25, 0.3) is 5.56 Å². The van der Waals surface area contributed by atoms with E-state index in [-0.39, 0.29) is 29.3 Å². The molecule has 0 bridgehead atoms. The van der Waals surface area contributed by atoms with Gasteiger partial charge in [-0.1, -0.05) is 42.5 Å². The Labute approximate surface area is 160 Å². The Bertz CT molecular complexity index is 1240. The number of aryl methyl sites for hydroxylation is 1. The van der Waals surface area contributed by atoms with Crippen molar-refractivity contribution in [1.82, 2.24) is 9.78 Å². The third kappa shape index (κ3) is 3.08. The molecule has 7 heteroatoms. The van der Waals surface area contributed by atoms with E-state index in [2.05, 4.69) is 15.3 Å². The van der Waals surface area contributed by atoms with E-state index in [0.717, 1.165) is 10.9 Å². The normalized spacial score (nSPS) is 11.5. The second-order valence-corrected chi connectivity index (χ2v) is 6.40. The standard InChI is InChI=1S/C21H18N4O3/c1-13-19(21(28)25(24-13)16-9-6-14(12-26)7-10-16)23-22-18-11-8-15-4-2-3-5-17(15)20(18)27/h2-11,24,26-27H,12H2,1H3. The Morgan fingerprint density at radius 3 is 2.50 bits per heavy atom. The van der Waals surface area contributed by atoms with Crippen molar-refractivity contribution in [3.05, 3.63) is 82.3 Å². The van der Waals surface area contributed by atoms with E-state index in [0.29, 0.717) is 16.8 Å². The van der Waals surface area contributed by atoms with Gasteiger partial charge in [-0.3, -0.25) is 9.89 Å². The van der Waals surface area contributed by atoms with Crippen LogP contribution in [0.25, 0.3) is 16.5 Å². The fourth-order valence-electron chi connectivity index (χ4n) is 3.02. The van der Waals surface area contributed by atoms with Crippen LogP contribution in [0, 0.1) is 6.92 Å². The lowest BCUT2D eigenvalue weighted by Crippen LogP contribution is -2.14. The lowest BCUT2D eigenvalue weighted by Gasteiger charge is -2.02. The molecule has 4 rings (SSSR count). The molecular formula is C21H18N4O3. The van der Waals surface area contributed by atoms with E-state index in [1.807, 2.05) is 24.3 Å². The van der Waals surface area contributed by atoms with Crippen LogP contribution in [0.5, 0.6) is 5.75 Å². The molecule has 3 N–H and O–H groups in total. The first kappa shape index (κ1) is 17.7. The van der Waals surface area contributed by atoms with Crippen LogP contribution in [0.4, 0.5) is 11.4 Å². The molecule has 1 heterocycles. The number of aliphatic hydroxyl groups excluding tert-OH is 1. The quantitative estimate of drug-likeness (QED) is 0.465. The van der Waals surface area contributed by atoms with Crippen molar-refractivity contribution in [3.8, 4) is 11.4 Å². The Hall–Kier alpha value is -3.71. The van der Waals surface area contributed by atoms with Crippen LogP contribution in [0.15, 0.2) is 75.7 Å². The molecule has 0 amide bonds. The number of nitrogens with one attached hydrogen (secondary N) is 1. The molecule has 0 atom stereocenters. The van der Waals surface area contributed by atoms with Crippen molar-refractivity contribution in [2.24, 2.45) is 10.2 Å². The first-order valence-corrected chi connectivity index (χ1v) is 8.72. The highest BCUT2D eigenvalue weighted by molar-refractivity contribution is 5.92. The SMILES string of the molecule is Cc1[nH]n(-c2ccc(CO)cc2)c(=O)c1N=Nc1ccc2ccccc2c1O. The van der Waals surface area contributed by atoms with Gasteiger partial charge < -0.3 is 10.2 Å². The van der Waals surface area contributed by atoms with Crippen LogP contribution in [0.3, 0.4) is 0 Å². The zero-order valence-electron chi connectivity index (χ0n) is 15.1. The fraction of sp³-hybridized carbons (Fsp3) is 0.0952. The second-order valence-electron chi connectivity index (χ2n) is 6.40. The highest BCUT2D eigenvalue weighted by Gasteiger charge is 2.13. The van der Waals surface area contributed by atoms with E-state index in [1.165, 1.54) is 4.68 Å². The number of benzene rings is 3. The molecule has 0 fully saturated rings. The Morgan fingerprint density at radius 1 is 1.00 bits per heavy atom. The van der Waals surface area contributed by atoms with Crippen LogP contribution >= 0.6 is 0 Å². The largest absolute Gasteiger partial charge is 0.505 e. The van der Waals surface area contributed by atoms with E-state index >= 15 is 0 Å². The van der Waals surface area contributed by atoms with Gasteiger partial charge in [0.1, 0.15) is 5.69 Å². The van der Waals surface area contributed by atoms with Crippen LogP contribution < -0.4 is 5.56 Å². The van der Waals surface area contributed by atoms with Gasteiger partial charge in [-0.2, -0.15) is 0 Å². The summed E-state index contributed by atoms with van der Waals surface area (Å²) in [6.07, 6.45) is 0. The molecule has 7 nitrogen and oxygen atoms in total. The summed E-state index contributed by atoms with van der Waals surface area (Å²) in [5.74, 6) is 0.0231. The molecule has 0 aliphatic carbocycles. The monoisotopic (exact) mass is 374 g/mol. The van der Waals surface area contributed by atoms with Crippen molar-refractivity contribution in [2.75, 3.05) is 0 Å². The molecule has 4 aromatic rings. The van der Waals surface area contributed by atoms with Gasteiger partial charge in [0, 0.05) is 5.39 Å². The molecule has 0 saturated heterocycles. The maximum Gasteiger partial charge on any atom is 0.299 e. The summed E-state index contributed by atoms with van der Waals surface area (Å²) in [5, 5.41) is 32.3. The Kier molecular flexibility index (Phi) is 4.50. The summed E-state index contributed by atoms with van der Waals surface area (Å²) in [6, 6.07) is 17.9. The molecule has 0 aliphatic rings. The smallest absolute Gasteiger partial charge is 0.299 e. The predicted octanol–water partition coefficient (Wildman–Crippen LogP) is 4.24. The van der Waals surface area contributed by atoms with Crippen molar-refractivity contribution < 1.29 is 10.2 Å². The number of aromatic amines is 1. The number of H-pyrrole nitrogens is 1. The first-order valence-electron chi connectivity index (χ1n) is 8.72.